The smallest absolute Gasteiger partial charge is 0.304 e. The third kappa shape index (κ3) is 9.34. The van der Waals surface area contributed by atoms with Crippen LogP contribution in [-0.2, 0) is 23.7 Å². The molecule has 0 aromatic rings. The zero-order valence-electron chi connectivity index (χ0n) is 20.1. The van der Waals surface area contributed by atoms with Crippen molar-refractivity contribution in [3.8, 4) is 0 Å². The third-order valence-electron chi connectivity index (χ3n) is 6.12. The van der Waals surface area contributed by atoms with Crippen LogP contribution in [0.4, 0.5) is 0 Å². The molecule has 31 heavy (non-hydrogen) atoms. The summed E-state index contributed by atoms with van der Waals surface area (Å²) in [6, 6.07) is -0.0599. The zero-order valence-corrected chi connectivity index (χ0v) is 20.1. The highest BCUT2D eigenvalue weighted by Crippen LogP contribution is 2.40. The molecule has 7 nitrogen and oxygen atoms in total. The number of fused-ring (bicyclic) bond motifs is 1. The van der Waals surface area contributed by atoms with Crippen LogP contribution in [0, 0.1) is 0 Å². The minimum Gasteiger partial charge on any atom is -0.481 e. The van der Waals surface area contributed by atoms with Crippen LogP contribution >= 0.6 is 0 Å². The zero-order chi connectivity index (χ0) is 22.7. The summed E-state index contributed by atoms with van der Waals surface area (Å²) in [5.41, 5.74) is 0. The Morgan fingerprint density at radius 1 is 1.00 bits per heavy atom. The van der Waals surface area contributed by atoms with Gasteiger partial charge in [-0.05, 0) is 27.2 Å². The fraction of sp³-hybridized carbons (Fsp3) is 0.958. The molecular formula is C24H45NO6. The summed E-state index contributed by atoms with van der Waals surface area (Å²) in [7, 11) is 0. The molecule has 182 valence electrons. The lowest BCUT2D eigenvalue weighted by Gasteiger charge is -2.27. The molecule has 2 heterocycles. The van der Waals surface area contributed by atoms with E-state index in [-0.39, 0.29) is 30.8 Å². The van der Waals surface area contributed by atoms with Crippen molar-refractivity contribution in [1.29, 1.82) is 0 Å². The van der Waals surface area contributed by atoms with Gasteiger partial charge in [-0.15, -0.1) is 0 Å². The van der Waals surface area contributed by atoms with Gasteiger partial charge < -0.3 is 29.4 Å². The van der Waals surface area contributed by atoms with Gasteiger partial charge in [0, 0.05) is 19.2 Å². The number of carboxylic acid groups (broad SMARTS) is 1. The number of ether oxygens (including phenoxy) is 4. The van der Waals surface area contributed by atoms with E-state index in [1.165, 1.54) is 57.8 Å². The molecule has 2 fully saturated rings. The lowest BCUT2D eigenvalue weighted by molar-refractivity contribution is -0.236. The van der Waals surface area contributed by atoms with Crippen molar-refractivity contribution in [3.05, 3.63) is 0 Å². The number of carbonyl (C=O) groups is 1. The largest absolute Gasteiger partial charge is 0.481 e. The molecule has 0 aliphatic carbocycles. The first-order valence-electron chi connectivity index (χ1n) is 12.4. The minimum absolute atomic E-state index is 0.0599. The van der Waals surface area contributed by atoms with E-state index in [1.54, 1.807) is 0 Å². The molecule has 0 aromatic carbocycles. The highest BCUT2D eigenvalue weighted by atomic mass is 16.8. The van der Waals surface area contributed by atoms with Crippen molar-refractivity contribution < 1.29 is 28.8 Å². The Morgan fingerprint density at radius 3 is 2.19 bits per heavy atom. The second-order valence-electron chi connectivity index (χ2n) is 9.47. The van der Waals surface area contributed by atoms with Crippen molar-refractivity contribution in [1.82, 2.24) is 5.32 Å². The molecule has 0 amide bonds. The monoisotopic (exact) mass is 443 g/mol. The summed E-state index contributed by atoms with van der Waals surface area (Å²) >= 11 is 0. The van der Waals surface area contributed by atoms with E-state index in [4.69, 9.17) is 24.1 Å². The second kappa shape index (κ2) is 13.7. The third-order valence-corrected chi connectivity index (χ3v) is 6.12. The SMILES string of the molecule is CCCCCCCCCCCCO[C@H]1O[C@H]([C@H](C)NCCC(=O)O)[C@@H]2OC(C)(C)O[C@H]12. The molecule has 5 atom stereocenters. The summed E-state index contributed by atoms with van der Waals surface area (Å²) in [5.74, 6) is -1.49. The summed E-state index contributed by atoms with van der Waals surface area (Å²) < 4.78 is 24.4. The molecule has 0 spiro atoms. The number of aliphatic carboxylic acids is 1. The summed E-state index contributed by atoms with van der Waals surface area (Å²) in [4.78, 5) is 10.8. The molecule has 2 aliphatic rings. The van der Waals surface area contributed by atoms with Crippen molar-refractivity contribution in [2.75, 3.05) is 13.2 Å². The van der Waals surface area contributed by atoms with Crippen LogP contribution in [0.3, 0.4) is 0 Å². The van der Waals surface area contributed by atoms with Crippen molar-refractivity contribution >= 4 is 5.97 Å². The number of nitrogens with one attached hydrogen (secondary N) is 1. The lowest BCUT2D eigenvalue weighted by Crippen LogP contribution is -2.45. The Kier molecular flexibility index (Phi) is 11.8. The topological polar surface area (TPSA) is 86.3 Å². The second-order valence-corrected chi connectivity index (χ2v) is 9.47. The fourth-order valence-corrected chi connectivity index (χ4v) is 4.44. The van der Waals surface area contributed by atoms with Gasteiger partial charge in [-0.25, -0.2) is 0 Å². The molecule has 0 unspecified atom stereocenters. The van der Waals surface area contributed by atoms with Crippen LogP contribution in [0.25, 0.3) is 0 Å². The van der Waals surface area contributed by atoms with Gasteiger partial charge in [0.1, 0.15) is 18.3 Å². The normalized spacial score (nSPS) is 28.0. The number of rotatable bonds is 17. The Balaban J connectivity index is 1.65. The molecule has 0 bridgehead atoms. The van der Waals surface area contributed by atoms with E-state index in [0.717, 1.165) is 6.42 Å². The van der Waals surface area contributed by atoms with Gasteiger partial charge in [-0.3, -0.25) is 4.79 Å². The number of carboxylic acids is 1. The van der Waals surface area contributed by atoms with Crippen LogP contribution in [0.5, 0.6) is 0 Å². The molecule has 2 saturated heterocycles. The number of hydrogen-bond acceptors (Lipinski definition) is 6. The minimum atomic E-state index is -0.816. The van der Waals surface area contributed by atoms with Gasteiger partial charge in [0.05, 0.1) is 6.42 Å². The van der Waals surface area contributed by atoms with Crippen LogP contribution in [-0.4, -0.2) is 60.7 Å². The van der Waals surface area contributed by atoms with Gasteiger partial charge in [-0.1, -0.05) is 64.7 Å². The maximum Gasteiger partial charge on any atom is 0.304 e. The fourth-order valence-electron chi connectivity index (χ4n) is 4.44. The van der Waals surface area contributed by atoms with Crippen LogP contribution < -0.4 is 5.32 Å². The Labute approximate surface area is 188 Å². The van der Waals surface area contributed by atoms with E-state index >= 15 is 0 Å². The lowest BCUT2D eigenvalue weighted by atomic mass is 10.0. The first-order chi connectivity index (χ1) is 14.8. The molecule has 0 radical (unpaired) electrons. The van der Waals surface area contributed by atoms with E-state index in [9.17, 15) is 4.79 Å². The standard InChI is InChI=1S/C24H45NO6/c1-5-6-7-8-9-10-11-12-13-14-17-28-23-22-21(30-24(3,4)31-22)20(29-23)18(2)25-16-15-19(26)27/h18,20-23,25H,5-17H2,1-4H3,(H,26,27)/t18-,20+,21-,22-,23-/m0/s1. The van der Waals surface area contributed by atoms with Gasteiger partial charge in [-0.2, -0.15) is 0 Å². The van der Waals surface area contributed by atoms with E-state index < -0.39 is 18.0 Å². The van der Waals surface area contributed by atoms with Crippen molar-refractivity contribution in [2.45, 2.75) is 135 Å². The molecular weight excluding hydrogens is 398 g/mol. The Hall–Kier alpha value is -0.730. The van der Waals surface area contributed by atoms with E-state index in [2.05, 4.69) is 12.2 Å². The van der Waals surface area contributed by atoms with Crippen LogP contribution in [0.2, 0.25) is 0 Å². The van der Waals surface area contributed by atoms with Crippen LogP contribution in [0.15, 0.2) is 0 Å². The number of unbranched alkanes of at least 4 members (excludes halogenated alkanes) is 9. The number of hydrogen-bond donors (Lipinski definition) is 2. The predicted octanol–water partition coefficient (Wildman–Crippen LogP) is 4.62. The van der Waals surface area contributed by atoms with Gasteiger partial charge in [0.25, 0.3) is 0 Å². The molecule has 7 heteroatoms. The maximum atomic E-state index is 10.8. The highest BCUT2D eigenvalue weighted by molar-refractivity contribution is 5.66. The first-order valence-corrected chi connectivity index (χ1v) is 12.4. The van der Waals surface area contributed by atoms with Gasteiger partial charge in [0.2, 0.25) is 0 Å². The summed E-state index contributed by atoms with van der Waals surface area (Å²) in [6.07, 6.45) is 11.8. The van der Waals surface area contributed by atoms with Crippen LogP contribution in [0.1, 0.15) is 98.3 Å². The Bertz CT molecular complexity index is 514. The Morgan fingerprint density at radius 2 is 1.58 bits per heavy atom. The van der Waals surface area contributed by atoms with Crippen molar-refractivity contribution in [2.24, 2.45) is 0 Å². The van der Waals surface area contributed by atoms with Crippen molar-refractivity contribution in [3.63, 3.8) is 0 Å². The predicted molar refractivity (Wildman–Crippen MR) is 120 cm³/mol. The molecule has 2 N–H and O–H groups in total. The molecule has 2 aliphatic heterocycles. The quantitative estimate of drug-likeness (QED) is 0.317. The van der Waals surface area contributed by atoms with Gasteiger partial charge in [0.15, 0.2) is 12.1 Å². The van der Waals surface area contributed by atoms with E-state index in [0.29, 0.717) is 13.2 Å². The first kappa shape index (κ1) is 26.5. The average Bonchev–Trinajstić information content (AvgIpc) is 3.19. The average molecular weight is 444 g/mol. The molecule has 0 aromatic heterocycles. The maximum absolute atomic E-state index is 10.8. The summed E-state index contributed by atoms with van der Waals surface area (Å²) in [5, 5.41) is 12.1. The molecule has 0 saturated carbocycles. The summed E-state index contributed by atoms with van der Waals surface area (Å²) in [6.45, 7) is 9.10. The van der Waals surface area contributed by atoms with E-state index in [1.807, 2.05) is 20.8 Å². The molecule has 2 rings (SSSR count). The highest BCUT2D eigenvalue weighted by Gasteiger charge is 2.56. The van der Waals surface area contributed by atoms with Gasteiger partial charge >= 0.3 is 5.97 Å².